The van der Waals surface area contributed by atoms with E-state index in [1.165, 1.54) is 6.07 Å². The van der Waals surface area contributed by atoms with Crippen LogP contribution < -0.4 is 0 Å². The first kappa shape index (κ1) is 26.9. The second-order valence-electron chi connectivity index (χ2n) is 8.83. The van der Waals surface area contributed by atoms with Gasteiger partial charge in [0.05, 0.1) is 17.9 Å². The first-order chi connectivity index (χ1) is 15.5. The highest BCUT2D eigenvalue weighted by Gasteiger charge is 2.38. The lowest BCUT2D eigenvalue weighted by Crippen LogP contribution is -2.34. The lowest BCUT2D eigenvalue weighted by Gasteiger charge is -2.28. The summed E-state index contributed by atoms with van der Waals surface area (Å²) in [4.78, 5) is 7.90. The average Bonchev–Trinajstić information content (AvgIpc) is 3.19. The van der Waals surface area contributed by atoms with E-state index in [-0.39, 0.29) is 12.5 Å². The largest absolute Gasteiger partial charge is 0.416 e. The molecule has 0 aliphatic carbocycles. The smallest absolute Gasteiger partial charge is 0.392 e. The predicted octanol–water partition coefficient (Wildman–Crippen LogP) is 6.24. The van der Waals surface area contributed by atoms with E-state index in [9.17, 15) is 13.2 Å². The molecule has 1 unspecified atom stereocenters. The van der Waals surface area contributed by atoms with Crippen LogP contribution in [0.25, 0.3) is 0 Å². The van der Waals surface area contributed by atoms with Gasteiger partial charge < -0.3 is 14.8 Å². The highest BCUT2D eigenvalue weighted by Crippen LogP contribution is 2.35. The molecule has 1 N–H and O–H groups in total. The van der Waals surface area contributed by atoms with Crippen molar-refractivity contribution in [1.29, 1.82) is 0 Å². The Kier molecular flexibility index (Phi) is 9.49. The minimum absolute atomic E-state index is 0.0421. The fourth-order valence-corrected chi connectivity index (χ4v) is 3.94. The Balaban J connectivity index is 2.08. The van der Waals surface area contributed by atoms with Crippen LogP contribution in [0.4, 0.5) is 13.2 Å². The third-order valence-corrected chi connectivity index (χ3v) is 6.04. The molecule has 33 heavy (non-hydrogen) atoms. The van der Waals surface area contributed by atoms with Gasteiger partial charge in [0.2, 0.25) is 0 Å². The van der Waals surface area contributed by atoms with Crippen molar-refractivity contribution in [2.24, 2.45) is 5.16 Å². The number of oxime groups is 1. The van der Waals surface area contributed by atoms with Crippen LogP contribution in [0.2, 0.25) is 0 Å². The SMILES string of the molecule is C=C/C(=C\C=C\CO)C1=NOC(CC)(CCN(C)Cc2cc(C(F)(F)F)ccc2C(C)C)C1. The summed E-state index contributed by atoms with van der Waals surface area (Å²) < 4.78 is 39.7. The van der Waals surface area contributed by atoms with Crippen molar-refractivity contribution in [3.63, 3.8) is 0 Å². The van der Waals surface area contributed by atoms with E-state index in [1.54, 1.807) is 24.3 Å². The summed E-state index contributed by atoms with van der Waals surface area (Å²) >= 11 is 0. The molecule has 1 aliphatic rings. The minimum atomic E-state index is -4.36. The zero-order valence-corrected chi connectivity index (χ0v) is 20.0. The molecule has 1 heterocycles. The summed E-state index contributed by atoms with van der Waals surface area (Å²) in [5.74, 6) is 0.135. The summed E-state index contributed by atoms with van der Waals surface area (Å²) in [7, 11) is 1.92. The van der Waals surface area contributed by atoms with Crippen molar-refractivity contribution >= 4 is 5.71 Å². The molecular formula is C26H35F3N2O2. The van der Waals surface area contributed by atoms with Crippen LogP contribution in [0.5, 0.6) is 0 Å². The molecule has 2 rings (SSSR count). The van der Waals surface area contributed by atoms with Gasteiger partial charge in [-0.15, -0.1) is 0 Å². The van der Waals surface area contributed by atoms with Gasteiger partial charge in [-0.2, -0.15) is 13.2 Å². The Hall–Kier alpha value is -2.38. The second kappa shape index (κ2) is 11.7. The molecule has 0 saturated carbocycles. The van der Waals surface area contributed by atoms with Crippen molar-refractivity contribution in [1.82, 2.24) is 4.90 Å². The minimum Gasteiger partial charge on any atom is -0.392 e. The van der Waals surface area contributed by atoms with Gasteiger partial charge in [0.1, 0.15) is 5.60 Å². The van der Waals surface area contributed by atoms with Gasteiger partial charge in [0, 0.05) is 25.9 Å². The zero-order chi connectivity index (χ0) is 24.6. The first-order valence-corrected chi connectivity index (χ1v) is 11.3. The maximum Gasteiger partial charge on any atom is 0.416 e. The van der Waals surface area contributed by atoms with Crippen LogP contribution in [0.3, 0.4) is 0 Å². The fraction of sp³-hybridized carbons (Fsp3) is 0.500. The molecule has 0 radical (unpaired) electrons. The highest BCUT2D eigenvalue weighted by molar-refractivity contribution is 6.03. The maximum atomic E-state index is 13.2. The van der Waals surface area contributed by atoms with Gasteiger partial charge in [-0.25, -0.2) is 0 Å². The second-order valence-corrected chi connectivity index (χ2v) is 8.83. The molecule has 0 amide bonds. The van der Waals surface area contributed by atoms with E-state index in [4.69, 9.17) is 9.94 Å². The van der Waals surface area contributed by atoms with Crippen molar-refractivity contribution in [2.45, 2.75) is 64.3 Å². The molecule has 1 aromatic rings. The van der Waals surface area contributed by atoms with Crippen LogP contribution >= 0.6 is 0 Å². The van der Waals surface area contributed by atoms with Gasteiger partial charge in [0.25, 0.3) is 0 Å². The monoisotopic (exact) mass is 464 g/mol. The zero-order valence-electron chi connectivity index (χ0n) is 20.0. The Morgan fingerprint density at radius 1 is 1.36 bits per heavy atom. The Labute approximate surface area is 195 Å². The number of rotatable bonds is 11. The summed E-state index contributed by atoms with van der Waals surface area (Å²) in [6.45, 7) is 10.9. The Morgan fingerprint density at radius 2 is 2.09 bits per heavy atom. The summed E-state index contributed by atoms with van der Waals surface area (Å²) in [5, 5.41) is 13.2. The van der Waals surface area contributed by atoms with E-state index in [0.717, 1.165) is 29.3 Å². The fourth-order valence-electron chi connectivity index (χ4n) is 3.94. The molecule has 1 aromatic carbocycles. The summed E-state index contributed by atoms with van der Waals surface area (Å²) in [6.07, 6.45) is 4.65. The maximum absolute atomic E-state index is 13.2. The van der Waals surface area contributed by atoms with E-state index in [0.29, 0.717) is 31.5 Å². The Morgan fingerprint density at radius 3 is 2.67 bits per heavy atom. The van der Waals surface area contributed by atoms with E-state index < -0.39 is 17.3 Å². The summed E-state index contributed by atoms with van der Waals surface area (Å²) in [5.41, 5.74) is 2.20. The molecule has 0 bridgehead atoms. The lowest BCUT2D eigenvalue weighted by molar-refractivity contribution is -0.137. The van der Waals surface area contributed by atoms with Crippen LogP contribution in [-0.2, 0) is 17.6 Å². The van der Waals surface area contributed by atoms with Gasteiger partial charge in [-0.1, -0.05) is 62.9 Å². The lowest BCUT2D eigenvalue weighted by atomic mass is 9.88. The number of aliphatic hydroxyl groups is 1. The van der Waals surface area contributed by atoms with E-state index >= 15 is 0 Å². The number of hydrogen-bond acceptors (Lipinski definition) is 4. The predicted molar refractivity (Wildman–Crippen MR) is 127 cm³/mol. The number of aliphatic hydroxyl groups excluding tert-OH is 1. The topological polar surface area (TPSA) is 45.1 Å². The number of halogens is 3. The Bertz CT molecular complexity index is 903. The number of nitrogens with zero attached hydrogens (tertiary/aromatic N) is 2. The molecule has 0 saturated heterocycles. The van der Waals surface area contributed by atoms with Crippen LogP contribution in [-0.4, -0.2) is 41.5 Å². The van der Waals surface area contributed by atoms with Crippen molar-refractivity contribution < 1.29 is 23.1 Å². The van der Waals surface area contributed by atoms with Gasteiger partial charge in [-0.3, -0.25) is 0 Å². The van der Waals surface area contributed by atoms with Crippen molar-refractivity contribution in [3.8, 4) is 0 Å². The quantitative estimate of drug-likeness (QED) is 0.395. The number of allylic oxidation sites excluding steroid dienone is 4. The molecule has 0 aromatic heterocycles. The third-order valence-electron chi connectivity index (χ3n) is 6.04. The number of alkyl halides is 3. The standard InChI is InChI=1S/C26H35F3N2O2/c1-6-20(10-8-9-15-32)24-17-25(7-2,33-30-24)13-14-31(5)18-21-16-22(26(27,28)29)11-12-23(21)19(3)4/h6,8-12,16,19,32H,1,7,13-15,17-18H2,2-5H3/b9-8+,20-10+. The summed E-state index contributed by atoms with van der Waals surface area (Å²) in [6, 6.07) is 4.03. The van der Waals surface area contributed by atoms with Crippen molar-refractivity contribution in [3.05, 3.63) is 71.3 Å². The molecule has 0 spiro atoms. The average molecular weight is 465 g/mol. The van der Waals surface area contributed by atoms with Gasteiger partial charge in [-0.05, 0) is 48.2 Å². The van der Waals surface area contributed by atoms with E-state index in [2.05, 4.69) is 11.7 Å². The van der Waals surface area contributed by atoms with Crippen LogP contribution in [0.1, 0.15) is 62.6 Å². The molecule has 4 nitrogen and oxygen atoms in total. The molecule has 1 aliphatic heterocycles. The third kappa shape index (κ3) is 7.30. The van der Waals surface area contributed by atoms with Crippen molar-refractivity contribution in [2.75, 3.05) is 20.2 Å². The molecule has 1 atom stereocenters. The first-order valence-electron chi connectivity index (χ1n) is 11.3. The van der Waals surface area contributed by atoms with Crippen LogP contribution in [0, 0.1) is 0 Å². The molecule has 7 heteroatoms. The van der Waals surface area contributed by atoms with Crippen LogP contribution in [0.15, 0.2) is 59.8 Å². The molecular weight excluding hydrogens is 429 g/mol. The number of hydrogen-bond donors (Lipinski definition) is 1. The van der Waals surface area contributed by atoms with E-state index in [1.807, 2.05) is 38.8 Å². The molecule has 182 valence electrons. The normalized spacial score (nSPS) is 19.5. The highest BCUT2D eigenvalue weighted by atomic mass is 19.4. The number of benzene rings is 1. The van der Waals surface area contributed by atoms with Gasteiger partial charge >= 0.3 is 6.18 Å². The molecule has 0 fully saturated rings. The van der Waals surface area contributed by atoms with Gasteiger partial charge in [0.15, 0.2) is 0 Å².